The molecule has 0 radical (unpaired) electrons. The van der Waals surface area contributed by atoms with Crippen molar-refractivity contribution in [2.24, 2.45) is 0 Å². The number of anilines is 2. The molecule has 2 fully saturated rings. The fourth-order valence-corrected chi connectivity index (χ4v) is 4.35. The summed E-state index contributed by atoms with van der Waals surface area (Å²) < 4.78 is 20.5. The molecule has 2 aromatic rings. The van der Waals surface area contributed by atoms with Gasteiger partial charge in [-0.1, -0.05) is 11.6 Å². The number of nitrogens with one attached hydrogen (secondary N) is 2. The van der Waals surface area contributed by atoms with Gasteiger partial charge in [0.25, 0.3) is 5.91 Å². The molecule has 1 atom stereocenters. The molecule has 2 aliphatic rings. The van der Waals surface area contributed by atoms with Crippen LogP contribution in [0.4, 0.5) is 20.6 Å². The van der Waals surface area contributed by atoms with Crippen molar-refractivity contribution < 1.29 is 18.7 Å². The van der Waals surface area contributed by atoms with Crippen LogP contribution in [-0.4, -0.2) is 57.4 Å². The summed E-state index contributed by atoms with van der Waals surface area (Å²) >= 11 is 7.01. The number of thiophene rings is 1. The molecule has 154 valence electrons. The van der Waals surface area contributed by atoms with E-state index in [9.17, 15) is 14.0 Å². The number of carbonyl (C=O) groups excluding carboxylic acids is 2. The average Bonchev–Trinajstić information content (AvgIpc) is 3.32. The molecule has 10 heteroatoms. The molecule has 29 heavy (non-hydrogen) atoms. The van der Waals surface area contributed by atoms with Crippen LogP contribution < -0.4 is 20.4 Å². The van der Waals surface area contributed by atoms with Gasteiger partial charge in [-0.3, -0.25) is 9.69 Å². The molecule has 2 amide bonds. The monoisotopic (exact) mass is 438 g/mol. The van der Waals surface area contributed by atoms with Crippen molar-refractivity contribution in [3.05, 3.63) is 45.4 Å². The summed E-state index contributed by atoms with van der Waals surface area (Å²) in [5, 5.41) is 5.97. The quantitative estimate of drug-likeness (QED) is 0.750. The minimum atomic E-state index is -0.558. The fraction of sp³-hybridized carbons (Fsp3) is 0.368. The molecule has 7 nitrogen and oxygen atoms in total. The zero-order valence-corrected chi connectivity index (χ0v) is 17.1. The Bertz CT molecular complexity index is 919. The lowest BCUT2D eigenvalue weighted by atomic mass is 10.2. The molecule has 0 spiro atoms. The minimum absolute atomic E-state index is 0.165. The Morgan fingerprint density at radius 3 is 2.79 bits per heavy atom. The lowest BCUT2D eigenvalue weighted by Crippen LogP contribution is -2.43. The molecule has 2 N–H and O–H groups in total. The van der Waals surface area contributed by atoms with Crippen LogP contribution in [-0.2, 0) is 4.74 Å². The maximum atomic E-state index is 14.6. The van der Waals surface area contributed by atoms with E-state index < -0.39 is 12.2 Å². The van der Waals surface area contributed by atoms with Crippen molar-refractivity contribution in [3.63, 3.8) is 0 Å². The van der Waals surface area contributed by atoms with E-state index in [1.165, 1.54) is 22.3 Å². The second-order valence-corrected chi connectivity index (χ2v) is 8.52. The maximum absolute atomic E-state index is 14.6. The molecule has 4 rings (SSSR count). The topological polar surface area (TPSA) is 73.9 Å². The van der Waals surface area contributed by atoms with E-state index in [-0.39, 0.29) is 24.8 Å². The third-order valence-corrected chi connectivity index (χ3v) is 6.09. The summed E-state index contributed by atoms with van der Waals surface area (Å²) in [6.07, 6.45) is -1.07. The first kappa shape index (κ1) is 19.9. The molecular weight excluding hydrogens is 419 g/mol. The summed E-state index contributed by atoms with van der Waals surface area (Å²) in [5.41, 5.74) is 0.964. The van der Waals surface area contributed by atoms with Crippen LogP contribution in [0.1, 0.15) is 9.67 Å². The Hall–Kier alpha value is -2.36. The van der Waals surface area contributed by atoms with Gasteiger partial charge >= 0.3 is 6.09 Å². The van der Waals surface area contributed by atoms with E-state index >= 15 is 0 Å². The summed E-state index contributed by atoms with van der Waals surface area (Å²) in [6.45, 7) is 3.49. The van der Waals surface area contributed by atoms with E-state index in [0.29, 0.717) is 20.6 Å². The zero-order valence-electron chi connectivity index (χ0n) is 15.5. The maximum Gasteiger partial charge on any atom is 0.414 e. The minimum Gasteiger partial charge on any atom is -0.442 e. The largest absolute Gasteiger partial charge is 0.442 e. The Morgan fingerprint density at radius 2 is 2.10 bits per heavy atom. The molecule has 0 unspecified atom stereocenters. The van der Waals surface area contributed by atoms with E-state index in [4.69, 9.17) is 16.3 Å². The number of amides is 2. The Kier molecular flexibility index (Phi) is 5.89. The molecule has 2 saturated heterocycles. The Balaban J connectivity index is 1.37. The lowest BCUT2D eigenvalue weighted by molar-refractivity contribution is 0.0920. The number of hydrogen-bond acceptors (Lipinski definition) is 6. The molecule has 2 aliphatic heterocycles. The van der Waals surface area contributed by atoms with Crippen molar-refractivity contribution >= 4 is 46.3 Å². The average molecular weight is 439 g/mol. The van der Waals surface area contributed by atoms with Gasteiger partial charge in [-0.25, -0.2) is 9.18 Å². The fourth-order valence-electron chi connectivity index (χ4n) is 3.39. The standard InChI is InChI=1S/C19H20ClFN4O3S/c20-17-4-3-16(29-17)18(26)23-10-13-11-25(19(27)28-13)12-1-2-15(14(21)9-12)24-7-5-22-6-8-24/h1-4,9,13,22H,5-8,10-11H2,(H,23,26)/t13-/m0/s1. The summed E-state index contributed by atoms with van der Waals surface area (Å²) in [6, 6.07) is 8.05. The van der Waals surface area contributed by atoms with Gasteiger partial charge in [0.2, 0.25) is 0 Å². The van der Waals surface area contributed by atoms with Crippen LogP contribution >= 0.6 is 22.9 Å². The normalized spacial score (nSPS) is 19.4. The van der Waals surface area contributed by atoms with E-state index in [1.54, 1.807) is 24.3 Å². The van der Waals surface area contributed by atoms with Crippen molar-refractivity contribution in [2.75, 3.05) is 49.1 Å². The second kappa shape index (κ2) is 8.56. The molecule has 1 aromatic heterocycles. The van der Waals surface area contributed by atoms with Crippen LogP contribution in [0, 0.1) is 5.82 Å². The highest BCUT2D eigenvalue weighted by atomic mass is 35.5. The third-order valence-electron chi connectivity index (χ3n) is 4.86. The molecule has 0 saturated carbocycles. The van der Waals surface area contributed by atoms with Crippen LogP contribution in [0.15, 0.2) is 30.3 Å². The van der Waals surface area contributed by atoms with Gasteiger partial charge in [0, 0.05) is 26.2 Å². The molecule has 0 bridgehead atoms. The van der Waals surface area contributed by atoms with E-state index in [1.807, 2.05) is 4.90 Å². The summed E-state index contributed by atoms with van der Waals surface area (Å²) in [7, 11) is 0. The number of carbonyl (C=O) groups is 2. The molecule has 1 aromatic carbocycles. The van der Waals surface area contributed by atoms with Gasteiger partial charge in [-0.2, -0.15) is 0 Å². The van der Waals surface area contributed by atoms with Crippen LogP contribution in [0.3, 0.4) is 0 Å². The van der Waals surface area contributed by atoms with Crippen LogP contribution in [0.5, 0.6) is 0 Å². The van der Waals surface area contributed by atoms with Gasteiger partial charge in [-0.05, 0) is 30.3 Å². The van der Waals surface area contributed by atoms with Gasteiger partial charge in [0.05, 0.1) is 33.7 Å². The van der Waals surface area contributed by atoms with Crippen molar-refractivity contribution in [1.29, 1.82) is 0 Å². The number of piperazine rings is 1. The number of nitrogens with zero attached hydrogens (tertiary/aromatic N) is 2. The molecule has 3 heterocycles. The summed E-state index contributed by atoms with van der Waals surface area (Å²) in [4.78, 5) is 28.2. The molecular formula is C19H20ClFN4O3S. The van der Waals surface area contributed by atoms with E-state index in [2.05, 4.69) is 10.6 Å². The Labute approximate surface area is 176 Å². The SMILES string of the molecule is O=C(NC[C@H]1CN(c2ccc(N3CCNCC3)c(F)c2)C(=O)O1)c1ccc(Cl)s1. The van der Waals surface area contributed by atoms with Gasteiger partial charge in [0.15, 0.2) is 0 Å². The van der Waals surface area contributed by atoms with Crippen molar-refractivity contribution in [1.82, 2.24) is 10.6 Å². The zero-order chi connectivity index (χ0) is 20.4. The second-order valence-electron chi connectivity index (χ2n) is 6.80. The van der Waals surface area contributed by atoms with Crippen LogP contribution in [0.25, 0.3) is 0 Å². The first-order chi connectivity index (χ1) is 14.0. The number of hydrogen-bond donors (Lipinski definition) is 2. The predicted molar refractivity (Wildman–Crippen MR) is 111 cm³/mol. The Morgan fingerprint density at radius 1 is 1.31 bits per heavy atom. The summed E-state index contributed by atoms with van der Waals surface area (Å²) in [5.74, 6) is -0.647. The first-order valence-electron chi connectivity index (χ1n) is 9.28. The van der Waals surface area contributed by atoms with Crippen LogP contribution in [0.2, 0.25) is 4.34 Å². The lowest BCUT2D eigenvalue weighted by Gasteiger charge is -2.30. The number of rotatable bonds is 5. The molecule has 0 aliphatic carbocycles. The number of benzene rings is 1. The highest BCUT2D eigenvalue weighted by molar-refractivity contribution is 7.17. The predicted octanol–water partition coefficient (Wildman–Crippen LogP) is 2.71. The van der Waals surface area contributed by atoms with E-state index in [0.717, 1.165) is 26.2 Å². The highest BCUT2D eigenvalue weighted by Gasteiger charge is 2.33. The number of cyclic esters (lactones) is 1. The number of halogens is 2. The van der Waals surface area contributed by atoms with Crippen molar-refractivity contribution in [3.8, 4) is 0 Å². The third kappa shape index (κ3) is 4.47. The van der Waals surface area contributed by atoms with Crippen molar-refractivity contribution in [2.45, 2.75) is 6.10 Å². The van der Waals surface area contributed by atoms with Gasteiger partial charge < -0.3 is 20.3 Å². The van der Waals surface area contributed by atoms with Gasteiger partial charge in [-0.15, -0.1) is 11.3 Å². The first-order valence-corrected chi connectivity index (χ1v) is 10.5. The van der Waals surface area contributed by atoms with Gasteiger partial charge in [0.1, 0.15) is 11.9 Å². The highest BCUT2D eigenvalue weighted by Crippen LogP contribution is 2.28. The number of ether oxygens (including phenoxy) is 1. The smallest absolute Gasteiger partial charge is 0.414 e.